The Labute approximate surface area is 132 Å². The van der Waals surface area contributed by atoms with Gasteiger partial charge < -0.3 is 10.5 Å². The van der Waals surface area contributed by atoms with Crippen LogP contribution < -0.4 is 4.74 Å². The summed E-state index contributed by atoms with van der Waals surface area (Å²) in [4.78, 5) is 3.70. The Morgan fingerprint density at radius 3 is 2.30 bits per heavy atom. The summed E-state index contributed by atoms with van der Waals surface area (Å²) in [6, 6.07) is 16.2. The van der Waals surface area contributed by atoms with Crippen molar-refractivity contribution in [2.24, 2.45) is 0 Å². The molecule has 3 rings (SSSR count). The summed E-state index contributed by atoms with van der Waals surface area (Å²) < 4.78 is 19.1. The molecule has 2 aromatic carbocycles. The fraction of sp³-hybridized carbons (Fsp3) is 0. The summed E-state index contributed by atoms with van der Waals surface area (Å²) in [6.07, 6.45) is 2.29. The van der Waals surface area contributed by atoms with Gasteiger partial charge in [-0.15, -0.1) is 0 Å². The Bertz CT molecular complexity index is 833. The average molecular weight is 306 g/mol. The van der Waals surface area contributed by atoms with Crippen LogP contribution in [0, 0.1) is 11.2 Å². The number of nitrogens with one attached hydrogen (secondary N) is 2. The lowest BCUT2D eigenvalue weighted by Crippen LogP contribution is -2.03. The molecule has 0 saturated heterocycles. The number of aromatic nitrogens is 1. The number of rotatable bonds is 4. The standard InChI is InChI=1S/C18H13FN3O/c19-16-11-22-10-15(18(16)21)17(20)12-6-8-14(9-7-12)23-13-4-2-1-3-5-13/h1-11,20H,(H-,21,22)/q-1. The third kappa shape index (κ3) is 3.18. The van der Waals surface area contributed by atoms with Crippen molar-refractivity contribution in [2.75, 3.05) is 0 Å². The maximum absolute atomic E-state index is 13.4. The van der Waals surface area contributed by atoms with Gasteiger partial charge in [0.15, 0.2) is 0 Å². The van der Waals surface area contributed by atoms with Crippen LogP contribution in [0.3, 0.4) is 0 Å². The van der Waals surface area contributed by atoms with E-state index >= 15 is 0 Å². The maximum Gasteiger partial charge on any atom is 0.127 e. The van der Waals surface area contributed by atoms with Crippen molar-refractivity contribution in [1.82, 2.24) is 4.98 Å². The second kappa shape index (κ2) is 6.27. The highest BCUT2D eigenvalue weighted by Crippen LogP contribution is 2.25. The minimum Gasteiger partial charge on any atom is -0.696 e. The van der Waals surface area contributed by atoms with Gasteiger partial charge in [0.2, 0.25) is 0 Å². The molecule has 0 aliphatic heterocycles. The lowest BCUT2D eigenvalue weighted by Gasteiger charge is -2.13. The molecule has 1 heterocycles. The number of pyridine rings is 1. The molecule has 23 heavy (non-hydrogen) atoms. The van der Waals surface area contributed by atoms with Gasteiger partial charge in [0.25, 0.3) is 0 Å². The third-order valence-corrected chi connectivity index (χ3v) is 3.29. The minimum absolute atomic E-state index is 0.0493. The Morgan fingerprint density at radius 1 is 0.957 bits per heavy atom. The van der Waals surface area contributed by atoms with Crippen molar-refractivity contribution in [3.8, 4) is 11.5 Å². The molecule has 1 aromatic heterocycles. The van der Waals surface area contributed by atoms with Gasteiger partial charge in [-0.1, -0.05) is 23.9 Å². The van der Waals surface area contributed by atoms with Crippen molar-refractivity contribution in [3.63, 3.8) is 0 Å². The molecule has 0 bridgehead atoms. The lowest BCUT2D eigenvalue weighted by atomic mass is 10.0. The molecule has 2 N–H and O–H groups in total. The molecular formula is C18H13FN3O-. The highest BCUT2D eigenvalue weighted by molar-refractivity contribution is 6.13. The molecule has 0 amide bonds. The average Bonchev–Trinajstić information content (AvgIpc) is 2.58. The first-order chi connectivity index (χ1) is 11.1. The SMILES string of the molecule is N=C(c1ccc(Oc2ccccc2)cc1)c1cncc(F)c1[NH-]. The number of benzene rings is 2. The van der Waals surface area contributed by atoms with E-state index in [4.69, 9.17) is 15.9 Å². The fourth-order valence-corrected chi connectivity index (χ4v) is 2.09. The van der Waals surface area contributed by atoms with Crippen LogP contribution in [0.5, 0.6) is 11.5 Å². The Morgan fingerprint density at radius 2 is 1.61 bits per heavy atom. The quantitative estimate of drug-likeness (QED) is 0.680. The molecule has 0 saturated carbocycles. The van der Waals surface area contributed by atoms with E-state index in [9.17, 15) is 4.39 Å². The van der Waals surface area contributed by atoms with E-state index in [1.165, 1.54) is 6.20 Å². The molecule has 0 radical (unpaired) electrons. The minimum atomic E-state index is -0.740. The zero-order valence-corrected chi connectivity index (χ0v) is 12.1. The van der Waals surface area contributed by atoms with Gasteiger partial charge in [-0.05, 0) is 36.4 Å². The van der Waals surface area contributed by atoms with Gasteiger partial charge in [-0.25, -0.2) is 4.39 Å². The number of hydrogen-bond acceptors (Lipinski definition) is 3. The van der Waals surface area contributed by atoms with Crippen LogP contribution in [0.4, 0.5) is 10.1 Å². The summed E-state index contributed by atoms with van der Waals surface area (Å²) in [5.74, 6) is 0.616. The number of ether oxygens (including phenoxy) is 1. The molecular weight excluding hydrogens is 293 g/mol. The highest BCUT2D eigenvalue weighted by atomic mass is 19.1. The van der Waals surface area contributed by atoms with Crippen molar-refractivity contribution >= 4 is 11.4 Å². The molecule has 0 spiro atoms. The summed E-state index contributed by atoms with van der Waals surface area (Å²) in [7, 11) is 0. The Hall–Kier alpha value is -3.21. The van der Waals surface area contributed by atoms with Crippen LogP contribution in [0.2, 0.25) is 0 Å². The monoisotopic (exact) mass is 306 g/mol. The van der Waals surface area contributed by atoms with Gasteiger partial charge in [0.1, 0.15) is 17.3 Å². The van der Waals surface area contributed by atoms with Gasteiger partial charge >= 0.3 is 0 Å². The predicted molar refractivity (Wildman–Crippen MR) is 87.1 cm³/mol. The van der Waals surface area contributed by atoms with Crippen LogP contribution in [-0.4, -0.2) is 10.7 Å². The van der Waals surface area contributed by atoms with E-state index in [1.54, 1.807) is 24.3 Å². The normalized spacial score (nSPS) is 10.3. The van der Waals surface area contributed by atoms with E-state index in [-0.39, 0.29) is 17.0 Å². The molecule has 0 atom stereocenters. The predicted octanol–water partition coefficient (Wildman–Crippen LogP) is 5.11. The van der Waals surface area contributed by atoms with E-state index in [2.05, 4.69) is 4.98 Å². The second-order valence-electron chi connectivity index (χ2n) is 4.86. The molecule has 0 aliphatic rings. The summed E-state index contributed by atoms with van der Waals surface area (Å²) >= 11 is 0. The van der Waals surface area contributed by atoms with Crippen LogP contribution in [0.25, 0.3) is 5.73 Å². The highest BCUT2D eigenvalue weighted by Gasteiger charge is 2.08. The van der Waals surface area contributed by atoms with E-state index < -0.39 is 5.82 Å². The van der Waals surface area contributed by atoms with Gasteiger partial charge in [0.05, 0.1) is 11.9 Å². The third-order valence-electron chi connectivity index (χ3n) is 3.29. The summed E-state index contributed by atoms with van der Waals surface area (Å²) in [6.45, 7) is 0. The van der Waals surface area contributed by atoms with Gasteiger partial charge in [0, 0.05) is 17.3 Å². The van der Waals surface area contributed by atoms with Crippen molar-refractivity contribution < 1.29 is 9.13 Å². The van der Waals surface area contributed by atoms with Gasteiger partial charge in [-0.2, -0.15) is 0 Å². The molecule has 114 valence electrons. The van der Waals surface area contributed by atoms with Crippen molar-refractivity contribution in [3.05, 3.63) is 89.7 Å². The first-order valence-electron chi connectivity index (χ1n) is 6.92. The number of para-hydroxylation sites is 1. The molecule has 0 unspecified atom stereocenters. The lowest BCUT2D eigenvalue weighted by molar-refractivity contribution is 0.482. The number of hydrogen-bond donors (Lipinski definition) is 1. The Balaban J connectivity index is 1.82. The summed E-state index contributed by atoms with van der Waals surface area (Å²) in [5.41, 5.74) is 8.13. The molecule has 4 nitrogen and oxygen atoms in total. The maximum atomic E-state index is 13.4. The van der Waals surface area contributed by atoms with E-state index in [0.29, 0.717) is 11.3 Å². The van der Waals surface area contributed by atoms with Crippen LogP contribution in [-0.2, 0) is 0 Å². The largest absolute Gasteiger partial charge is 0.696 e. The summed E-state index contributed by atoms with van der Waals surface area (Å²) in [5, 5.41) is 8.13. The second-order valence-corrected chi connectivity index (χ2v) is 4.86. The molecule has 0 fully saturated rings. The van der Waals surface area contributed by atoms with Crippen molar-refractivity contribution in [1.29, 1.82) is 5.41 Å². The van der Waals surface area contributed by atoms with Crippen molar-refractivity contribution in [2.45, 2.75) is 0 Å². The molecule has 3 aromatic rings. The van der Waals surface area contributed by atoms with Crippen LogP contribution in [0.1, 0.15) is 11.1 Å². The molecule has 0 aliphatic carbocycles. The zero-order valence-electron chi connectivity index (χ0n) is 12.1. The first-order valence-corrected chi connectivity index (χ1v) is 6.92. The van der Waals surface area contributed by atoms with Crippen LogP contribution >= 0.6 is 0 Å². The fourth-order valence-electron chi connectivity index (χ4n) is 2.09. The topological polar surface area (TPSA) is 69.8 Å². The zero-order chi connectivity index (χ0) is 16.2. The van der Waals surface area contributed by atoms with Gasteiger partial charge in [-0.3, -0.25) is 10.4 Å². The first kappa shape index (κ1) is 14.7. The van der Waals surface area contributed by atoms with E-state index in [1.807, 2.05) is 30.3 Å². The number of nitrogens with zero attached hydrogens (tertiary/aromatic N) is 1. The van der Waals surface area contributed by atoms with E-state index in [0.717, 1.165) is 11.9 Å². The Kier molecular flexibility index (Phi) is 4.01. The number of halogens is 1. The molecule has 5 heteroatoms. The van der Waals surface area contributed by atoms with Crippen LogP contribution in [0.15, 0.2) is 67.0 Å². The smallest absolute Gasteiger partial charge is 0.127 e.